The molecule has 3 rings (SSSR count). The van der Waals surface area contributed by atoms with Crippen molar-refractivity contribution in [2.45, 2.75) is 6.92 Å². The van der Waals surface area contributed by atoms with Crippen LogP contribution in [0.25, 0.3) is 21.9 Å². The topological polar surface area (TPSA) is 72.3 Å². The minimum atomic E-state index is -0.544. The SMILES string of the molecule is CCOC(=O)c1c[nH]c2c1c(=O)oc1ccccc12. The van der Waals surface area contributed by atoms with Gasteiger partial charge in [0, 0.05) is 11.6 Å². The van der Waals surface area contributed by atoms with Gasteiger partial charge in [-0.15, -0.1) is 0 Å². The average Bonchev–Trinajstić information content (AvgIpc) is 2.85. The zero-order valence-electron chi connectivity index (χ0n) is 10.2. The first-order valence-electron chi connectivity index (χ1n) is 5.92. The highest BCUT2D eigenvalue weighted by Crippen LogP contribution is 2.24. The molecule has 0 atom stereocenters. The summed E-state index contributed by atoms with van der Waals surface area (Å²) < 4.78 is 10.1. The van der Waals surface area contributed by atoms with Crippen LogP contribution in [0.15, 0.2) is 39.7 Å². The van der Waals surface area contributed by atoms with Crippen LogP contribution in [0.2, 0.25) is 0 Å². The molecule has 3 aromatic rings. The summed E-state index contributed by atoms with van der Waals surface area (Å²) in [4.78, 5) is 26.7. The number of benzene rings is 1. The molecule has 1 aromatic carbocycles. The Morgan fingerprint density at radius 3 is 2.95 bits per heavy atom. The molecule has 0 unspecified atom stereocenters. The van der Waals surface area contributed by atoms with Crippen LogP contribution >= 0.6 is 0 Å². The molecule has 0 spiro atoms. The molecule has 19 heavy (non-hydrogen) atoms. The van der Waals surface area contributed by atoms with E-state index < -0.39 is 11.6 Å². The molecule has 0 aliphatic heterocycles. The zero-order valence-corrected chi connectivity index (χ0v) is 10.2. The highest BCUT2D eigenvalue weighted by Gasteiger charge is 2.18. The van der Waals surface area contributed by atoms with E-state index in [0.29, 0.717) is 11.1 Å². The van der Waals surface area contributed by atoms with Gasteiger partial charge in [-0.25, -0.2) is 9.59 Å². The van der Waals surface area contributed by atoms with Gasteiger partial charge < -0.3 is 14.1 Å². The highest BCUT2D eigenvalue weighted by molar-refractivity contribution is 6.11. The van der Waals surface area contributed by atoms with Crippen LogP contribution in [0.3, 0.4) is 0 Å². The minimum absolute atomic E-state index is 0.205. The van der Waals surface area contributed by atoms with Crippen LogP contribution in [0.5, 0.6) is 0 Å². The van der Waals surface area contributed by atoms with Crippen molar-refractivity contribution in [2.75, 3.05) is 6.61 Å². The van der Waals surface area contributed by atoms with Crippen molar-refractivity contribution < 1.29 is 13.9 Å². The summed E-state index contributed by atoms with van der Waals surface area (Å²) in [5.74, 6) is -0.531. The van der Waals surface area contributed by atoms with Crippen molar-refractivity contribution in [1.82, 2.24) is 4.98 Å². The van der Waals surface area contributed by atoms with E-state index in [4.69, 9.17) is 9.15 Å². The van der Waals surface area contributed by atoms with Crippen LogP contribution < -0.4 is 5.63 Å². The van der Waals surface area contributed by atoms with Crippen molar-refractivity contribution in [3.05, 3.63) is 46.4 Å². The van der Waals surface area contributed by atoms with E-state index >= 15 is 0 Å². The van der Waals surface area contributed by atoms with Crippen molar-refractivity contribution >= 4 is 27.8 Å². The third-order valence-corrected chi connectivity index (χ3v) is 2.94. The number of hydrogen-bond acceptors (Lipinski definition) is 4. The van der Waals surface area contributed by atoms with E-state index in [-0.39, 0.29) is 17.6 Å². The molecule has 5 nitrogen and oxygen atoms in total. The van der Waals surface area contributed by atoms with Gasteiger partial charge >= 0.3 is 11.6 Å². The molecular formula is C14H11NO4. The van der Waals surface area contributed by atoms with Crippen LogP contribution in [-0.4, -0.2) is 17.6 Å². The number of aromatic nitrogens is 1. The smallest absolute Gasteiger partial charge is 0.346 e. The number of hydrogen-bond donors (Lipinski definition) is 1. The van der Waals surface area contributed by atoms with Crippen LogP contribution in [0.4, 0.5) is 0 Å². The van der Waals surface area contributed by atoms with Gasteiger partial charge in [0.1, 0.15) is 11.0 Å². The molecule has 2 aromatic heterocycles. The number of esters is 1. The molecule has 0 aliphatic rings. The first-order chi connectivity index (χ1) is 9.22. The molecule has 2 heterocycles. The number of para-hydroxylation sites is 1. The minimum Gasteiger partial charge on any atom is -0.462 e. The molecule has 0 saturated carbocycles. The number of carbonyl (C=O) groups is 1. The molecule has 0 fully saturated rings. The lowest BCUT2D eigenvalue weighted by molar-refractivity contribution is 0.0528. The van der Waals surface area contributed by atoms with Crippen LogP contribution in [0, 0.1) is 0 Å². The van der Waals surface area contributed by atoms with Gasteiger partial charge in [0.05, 0.1) is 17.7 Å². The fraction of sp³-hybridized carbons (Fsp3) is 0.143. The second-order valence-electron chi connectivity index (χ2n) is 4.06. The average molecular weight is 257 g/mol. The second kappa shape index (κ2) is 4.28. The Labute approximate surface area is 107 Å². The second-order valence-corrected chi connectivity index (χ2v) is 4.06. The molecule has 5 heteroatoms. The Balaban J connectivity index is 2.38. The molecule has 0 saturated heterocycles. The molecule has 1 N–H and O–H groups in total. The van der Waals surface area contributed by atoms with Crippen LogP contribution in [-0.2, 0) is 4.74 Å². The maximum Gasteiger partial charge on any atom is 0.346 e. The lowest BCUT2D eigenvalue weighted by Gasteiger charge is -2.00. The molecule has 96 valence electrons. The van der Waals surface area contributed by atoms with E-state index in [0.717, 1.165) is 5.39 Å². The fourth-order valence-electron chi connectivity index (χ4n) is 2.13. The van der Waals surface area contributed by atoms with Gasteiger partial charge in [0.25, 0.3) is 0 Å². The maximum atomic E-state index is 12.0. The van der Waals surface area contributed by atoms with E-state index in [2.05, 4.69) is 4.98 Å². The summed E-state index contributed by atoms with van der Waals surface area (Å²) >= 11 is 0. The summed E-state index contributed by atoms with van der Waals surface area (Å²) in [7, 11) is 0. The van der Waals surface area contributed by atoms with Crippen LogP contribution in [0.1, 0.15) is 17.3 Å². The number of fused-ring (bicyclic) bond motifs is 3. The lowest BCUT2D eigenvalue weighted by Crippen LogP contribution is -2.08. The standard InChI is InChI=1S/C14H11NO4/c1-2-18-13(16)9-7-15-12-8-5-3-4-6-10(8)19-14(17)11(9)12/h3-7,15H,2H2,1H3. The van der Waals surface area contributed by atoms with Gasteiger partial charge in [-0.2, -0.15) is 0 Å². The predicted molar refractivity (Wildman–Crippen MR) is 70.3 cm³/mol. The predicted octanol–water partition coefficient (Wildman–Crippen LogP) is 2.45. The first-order valence-corrected chi connectivity index (χ1v) is 5.92. The summed E-state index contributed by atoms with van der Waals surface area (Å²) in [6.45, 7) is 1.97. The highest BCUT2D eigenvalue weighted by atomic mass is 16.5. The van der Waals surface area contributed by atoms with Gasteiger partial charge in [-0.1, -0.05) is 12.1 Å². The number of nitrogens with one attached hydrogen (secondary N) is 1. The summed E-state index contributed by atoms with van der Waals surface area (Å²) in [5, 5.41) is 0.991. The summed E-state index contributed by atoms with van der Waals surface area (Å²) in [6, 6.07) is 7.16. The fourth-order valence-corrected chi connectivity index (χ4v) is 2.13. The van der Waals surface area contributed by atoms with E-state index in [1.165, 1.54) is 6.20 Å². The van der Waals surface area contributed by atoms with Gasteiger partial charge in [0.2, 0.25) is 0 Å². The Hall–Kier alpha value is -2.56. The third-order valence-electron chi connectivity index (χ3n) is 2.94. The Kier molecular flexibility index (Phi) is 2.59. The zero-order chi connectivity index (χ0) is 13.4. The van der Waals surface area contributed by atoms with Crippen molar-refractivity contribution in [3.8, 4) is 0 Å². The van der Waals surface area contributed by atoms with E-state index in [9.17, 15) is 9.59 Å². The summed E-state index contributed by atoms with van der Waals surface area (Å²) in [5.41, 5.74) is 0.738. The van der Waals surface area contributed by atoms with E-state index in [1.807, 2.05) is 12.1 Å². The third kappa shape index (κ3) is 1.71. The molecule has 0 bridgehead atoms. The molecule has 0 amide bonds. The Morgan fingerprint density at radius 2 is 2.16 bits per heavy atom. The lowest BCUT2D eigenvalue weighted by atomic mass is 10.1. The first kappa shape index (κ1) is 11.5. The monoisotopic (exact) mass is 257 g/mol. The molecular weight excluding hydrogens is 246 g/mol. The Morgan fingerprint density at radius 1 is 1.37 bits per heavy atom. The molecule has 0 radical (unpaired) electrons. The molecule has 0 aliphatic carbocycles. The largest absolute Gasteiger partial charge is 0.462 e. The van der Waals surface area contributed by atoms with E-state index in [1.54, 1.807) is 19.1 Å². The van der Waals surface area contributed by atoms with Gasteiger partial charge in [-0.05, 0) is 19.1 Å². The van der Waals surface area contributed by atoms with Gasteiger partial charge in [0.15, 0.2) is 0 Å². The number of carbonyl (C=O) groups excluding carboxylic acids is 1. The maximum absolute atomic E-state index is 12.0. The quantitative estimate of drug-likeness (QED) is 0.565. The number of aromatic amines is 1. The van der Waals surface area contributed by atoms with Crippen molar-refractivity contribution in [2.24, 2.45) is 0 Å². The Bertz CT molecular complexity index is 828. The van der Waals surface area contributed by atoms with Gasteiger partial charge in [-0.3, -0.25) is 0 Å². The number of H-pyrrole nitrogens is 1. The normalized spacial score (nSPS) is 11.0. The number of ether oxygens (including phenoxy) is 1. The van der Waals surface area contributed by atoms with Crippen molar-refractivity contribution in [3.63, 3.8) is 0 Å². The number of rotatable bonds is 2. The summed E-state index contributed by atoms with van der Waals surface area (Å²) in [6.07, 6.45) is 1.48. The van der Waals surface area contributed by atoms with Crippen molar-refractivity contribution in [1.29, 1.82) is 0 Å².